The molecule has 0 unspecified atom stereocenters. The van der Waals surface area contributed by atoms with Crippen molar-refractivity contribution < 1.29 is 14.3 Å². The van der Waals surface area contributed by atoms with Crippen LogP contribution in [0, 0.1) is 0 Å². The summed E-state index contributed by atoms with van der Waals surface area (Å²) >= 11 is 1.60. The van der Waals surface area contributed by atoms with Crippen LogP contribution in [0.1, 0.15) is 33.6 Å². The van der Waals surface area contributed by atoms with Gasteiger partial charge in [0.05, 0.1) is 18.6 Å². The molecule has 2 amide bonds. The van der Waals surface area contributed by atoms with Gasteiger partial charge in [0.2, 0.25) is 11.8 Å². The topological polar surface area (TPSA) is 58.6 Å². The third-order valence-electron chi connectivity index (χ3n) is 3.46. The summed E-state index contributed by atoms with van der Waals surface area (Å²) in [7, 11) is 1.57. The summed E-state index contributed by atoms with van der Waals surface area (Å²) in [5.74, 6) is 1.07. The molecule has 0 aliphatic carbocycles. The van der Waals surface area contributed by atoms with E-state index in [2.05, 4.69) is 26.1 Å². The van der Waals surface area contributed by atoms with Gasteiger partial charge in [0.25, 0.3) is 0 Å². The third kappa shape index (κ3) is 4.89. The Balaban J connectivity index is 2.07. The van der Waals surface area contributed by atoms with E-state index in [4.69, 9.17) is 4.74 Å². The monoisotopic (exact) mass is 336 g/mol. The average Bonchev–Trinajstić information content (AvgIpc) is 2.90. The van der Waals surface area contributed by atoms with E-state index >= 15 is 0 Å². The maximum atomic E-state index is 12.0. The van der Waals surface area contributed by atoms with Crippen LogP contribution in [0.4, 0.5) is 11.4 Å². The molecular formula is C17H24N2O3S. The van der Waals surface area contributed by atoms with Gasteiger partial charge >= 0.3 is 0 Å². The summed E-state index contributed by atoms with van der Waals surface area (Å²) in [6.07, 6.45) is 1.44. The van der Waals surface area contributed by atoms with E-state index in [1.807, 2.05) is 12.1 Å². The first-order chi connectivity index (χ1) is 10.8. The molecule has 126 valence electrons. The highest BCUT2D eigenvalue weighted by molar-refractivity contribution is 8.01. The van der Waals surface area contributed by atoms with Crippen molar-refractivity contribution >= 4 is 35.0 Å². The number of benzene rings is 1. The molecule has 0 saturated carbocycles. The summed E-state index contributed by atoms with van der Waals surface area (Å²) in [5.41, 5.74) is 1.44. The van der Waals surface area contributed by atoms with Crippen molar-refractivity contribution in [2.75, 3.05) is 29.6 Å². The Bertz CT molecular complexity index is 596. The van der Waals surface area contributed by atoms with E-state index in [1.165, 1.54) is 0 Å². The molecule has 0 spiro atoms. The van der Waals surface area contributed by atoms with E-state index < -0.39 is 0 Å². The Hall–Kier alpha value is -1.69. The number of amides is 2. The largest absolute Gasteiger partial charge is 0.494 e. The molecule has 5 nitrogen and oxygen atoms in total. The number of rotatable bonds is 5. The number of carbonyl (C=O) groups excluding carboxylic acids is 2. The van der Waals surface area contributed by atoms with Gasteiger partial charge in [0.1, 0.15) is 5.75 Å². The second-order valence-corrected chi connectivity index (χ2v) is 8.29. The molecule has 0 radical (unpaired) electrons. The summed E-state index contributed by atoms with van der Waals surface area (Å²) in [5, 5.41) is 2.88. The third-order valence-corrected chi connectivity index (χ3v) is 4.74. The normalized spacial score (nSPS) is 15.0. The molecule has 1 saturated heterocycles. The molecule has 6 heteroatoms. The number of hydrogen-bond acceptors (Lipinski definition) is 4. The van der Waals surface area contributed by atoms with E-state index in [0.29, 0.717) is 30.2 Å². The zero-order valence-electron chi connectivity index (χ0n) is 14.1. The van der Waals surface area contributed by atoms with Crippen molar-refractivity contribution in [2.45, 2.75) is 38.4 Å². The van der Waals surface area contributed by atoms with Crippen LogP contribution in [0.2, 0.25) is 0 Å². The van der Waals surface area contributed by atoms with Crippen LogP contribution in [0.25, 0.3) is 0 Å². The molecule has 1 N–H and O–H groups in total. The van der Waals surface area contributed by atoms with E-state index in [0.717, 1.165) is 12.1 Å². The van der Waals surface area contributed by atoms with Gasteiger partial charge in [-0.1, -0.05) is 20.8 Å². The Morgan fingerprint density at radius 3 is 2.70 bits per heavy atom. The second-order valence-electron chi connectivity index (χ2n) is 6.48. The lowest BCUT2D eigenvalue weighted by atomic mass is 10.2. The molecular weight excluding hydrogens is 312 g/mol. The molecule has 1 aliphatic rings. The van der Waals surface area contributed by atoms with Crippen LogP contribution >= 0.6 is 11.8 Å². The van der Waals surface area contributed by atoms with Crippen molar-refractivity contribution in [3.8, 4) is 5.75 Å². The highest BCUT2D eigenvalue weighted by Crippen LogP contribution is 2.34. The zero-order valence-corrected chi connectivity index (χ0v) is 15.0. The lowest BCUT2D eigenvalue weighted by Crippen LogP contribution is -2.24. The predicted octanol–water partition coefficient (Wildman–Crippen LogP) is 3.29. The number of carbonyl (C=O) groups is 2. The van der Waals surface area contributed by atoms with Gasteiger partial charge in [-0.05, 0) is 18.6 Å². The van der Waals surface area contributed by atoms with Crippen LogP contribution in [0.15, 0.2) is 18.2 Å². The Labute approximate surface area is 141 Å². The molecule has 1 heterocycles. The Morgan fingerprint density at radius 1 is 1.39 bits per heavy atom. The highest BCUT2D eigenvalue weighted by Gasteiger charge is 2.24. The van der Waals surface area contributed by atoms with E-state index in [1.54, 1.807) is 29.8 Å². The first kappa shape index (κ1) is 17.7. The van der Waals surface area contributed by atoms with E-state index in [-0.39, 0.29) is 16.6 Å². The number of hydrogen-bond donors (Lipinski definition) is 1. The maximum Gasteiger partial charge on any atom is 0.234 e. The standard InChI is InChI=1S/C17H24N2O3S/c1-17(2,3)23-11-15(20)18-12-7-8-13(14(10-12)22-4)19-9-5-6-16(19)21/h7-8,10H,5-6,9,11H2,1-4H3,(H,18,20). The van der Waals surface area contributed by atoms with Crippen molar-refractivity contribution in [3.05, 3.63) is 18.2 Å². The Kier molecular flexibility index (Phi) is 5.57. The molecule has 1 fully saturated rings. The number of thioether (sulfide) groups is 1. The number of ether oxygens (including phenoxy) is 1. The molecule has 1 aromatic carbocycles. The lowest BCUT2D eigenvalue weighted by molar-refractivity contribution is -0.117. The predicted molar refractivity (Wildman–Crippen MR) is 95.4 cm³/mol. The fourth-order valence-corrected chi connectivity index (χ4v) is 3.00. The van der Waals surface area contributed by atoms with Gasteiger partial charge in [-0.15, -0.1) is 11.8 Å². The average molecular weight is 336 g/mol. The van der Waals surface area contributed by atoms with Crippen LogP contribution in [-0.4, -0.2) is 36.0 Å². The minimum absolute atomic E-state index is 0.0445. The first-order valence-corrected chi connectivity index (χ1v) is 8.71. The number of anilines is 2. The zero-order chi connectivity index (χ0) is 17.0. The number of methoxy groups -OCH3 is 1. The summed E-state index contributed by atoms with van der Waals surface area (Å²) in [6.45, 7) is 6.95. The Morgan fingerprint density at radius 2 is 2.13 bits per heavy atom. The van der Waals surface area contributed by atoms with Gasteiger partial charge in [-0.25, -0.2) is 0 Å². The summed E-state index contributed by atoms with van der Waals surface area (Å²) < 4.78 is 5.44. The molecule has 0 atom stereocenters. The minimum Gasteiger partial charge on any atom is -0.494 e. The minimum atomic E-state index is -0.0445. The SMILES string of the molecule is COc1cc(NC(=O)CSC(C)(C)C)ccc1N1CCCC1=O. The quantitative estimate of drug-likeness (QED) is 0.896. The molecule has 2 rings (SSSR count). The van der Waals surface area contributed by atoms with Crippen LogP contribution in [-0.2, 0) is 9.59 Å². The lowest BCUT2D eigenvalue weighted by Gasteiger charge is -2.20. The van der Waals surface area contributed by atoms with Crippen molar-refractivity contribution in [1.82, 2.24) is 0 Å². The van der Waals surface area contributed by atoms with Gasteiger partial charge in [-0.3, -0.25) is 9.59 Å². The summed E-state index contributed by atoms with van der Waals surface area (Å²) in [4.78, 5) is 25.6. The fraction of sp³-hybridized carbons (Fsp3) is 0.529. The second kappa shape index (κ2) is 7.25. The van der Waals surface area contributed by atoms with Crippen molar-refractivity contribution in [1.29, 1.82) is 0 Å². The van der Waals surface area contributed by atoms with Gasteiger partial charge in [0.15, 0.2) is 0 Å². The molecule has 1 aliphatic heterocycles. The molecule has 0 aromatic heterocycles. The molecule has 23 heavy (non-hydrogen) atoms. The number of nitrogens with one attached hydrogen (secondary N) is 1. The van der Waals surface area contributed by atoms with Gasteiger partial charge in [0, 0.05) is 29.5 Å². The maximum absolute atomic E-state index is 12.0. The van der Waals surface area contributed by atoms with Crippen LogP contribution < -0.4 is 15.0 Å². The van der Waals surface area contributed by atoms with Crippen molar-refractivity contribution in [3.63, 3.8) is 0 Å². The fourth-order valence-electron chi connectivity index (χ4n) is 2.36. The van der Waals surface area contributed by atoms with Gasteiger partial charge < -0.3 is 15.0 Å². The summed E-state index contributed by atoms with van der Waals surface area (Å²) in [6, 6.07) is 5.40. The molecule has 0 bridgehead atoms. The van der Waals surface area contributed by atoms with Crippen LogP contribution in [0.3, 0.4) is 0 Å². The van der Waals surface area contributed by atoms with Gasteiger partial charge in [-0.2, -0.15) is 0 Å². The van der Waals surface area contributed by atoms with Crippen molar-refractivity contribution in [2.24, 2.45) is 0 Å². The smallest absolute Gasteiger partial charge is 0.234 e. The highest BCUT2D eigenvalue weighted by atomic mass is 32.2. The number of nitrogens with zero attached hydrogens (tertiary/aromatic N) is 1. The van der Waals surface area contributed by atoms with Crippen LogP contribution in [0.5, 0.6) is 5.75 Å². The molecule has 1 aromatic rings. The first-order valence-electron chi connectivity index (χ1n) is 7.72. The van der Waals surface area contributed by atoms with E-state index in [9.17, 15) is 9.59 Å².